The predicted octanol–water partition coefficient (Wildman–Crippen LogP) is 2.88. The van der Waals surface area contributed by atoms with Crippen molar-refractivity contribution in [2.45, 2.75) is 6.92 Å². The molecule has 2 rings (SSSR count). The Morgan fingerprint density at radius 3 is 2.52 bits per heavy atom. The maximum atomic E-state index is 11.6. The summed E-state index contributed by atoms with van der Waals surface area (Å²) in [7, 11) is 0. The Morgan fingerprint density at radius 2 is 1.83 bits per heavy atom. The van der Waals surface area contributed by atoms with Crippen LogP contribution in [0.4, 0.5) is 10.5 Å². The molecule has 0 saturated carbocycles. The van der Waals surface area contributed by atoms with E-state index in [1.165, 1.54) is 0 Å². The zero-order chi connectivity index (χ0) is 16.7. The molecule has 0 heterocycles. The van der Waals surface area contributed by atoms with Crippen molar-refractivity contribution in [2.24, 2.45) is 0 Å². The number of aryl methyl sites for hydroxylation is 1. The zero-order valence-electron chi connectivity index (χ0n) is 12.4. The molecule has 0 aliphatic carbocycles. The van der Waals surface area contributed by atoms with Crippen molar-refractivity contribution >= 4 is 29.2 Å². The number of amides is 3. The molecule has 0 aliphatic rings. The second-order valence-electron chi connectivity index (χ2n) is 4.69. The largest absolute Gasteiger partial charge is 0.484 e. The van der Waals surface area contributed by atoms with Crippen LogP contribution in [0.25, 0.3) is 0 Å². The molecule has 0 saturated heterocycles. The summed E-state index contributed by atoms with van der Waals surface area (Å²) in [6.45, 7) is 1.61. The molecule has 0 atom stereocenters. The molecule has 0 aromatic heterocycles. The standard InChI is InChI=1S/C16H16ClN3O3/c1-11-9-13(7-8-14(11)17)23-10-15(21)19-20-16(22)18-12-5-3-2-4-6-12/h2-9H,10H2,1H3,(H,19,21)(H2,18,20,22). The van der Waals surface area contributed by atoms with Crippen LogP contribution in [-0.2, 0) is 4.79 Å². The number of hydrazine groups is 1. The minimum Gasteiger partial charge on any atom is -0.484 e. The highest BCUT2D eigenvalue weighted by Gasteiger charge is 2.06. The molecule has 6 nitrogen and oxygen atoms in total. The summed E-state index contributed by atoms with van der Waals surface area (Å²) in [4.78, 5) is 23.2. The second-order valence-corrected chi connectivity index (χ2v) is 5.10. The summed E-state index contributed by atoms with van der Waals surface area (Å²) in [5.41, 5.74) is 5.95. The van der Waals surface area contributed by atoms with Crippen LogP contribution in [0.15, 0.2) is 48.5 Å². The Hall–Kier alpha value is -2.73. The molecule has 23 heavy (non-hydrogen) atoms. The van der Waals surface area contributed by atoms with Gasteiger partial charge in [0.25, 0.3) is 5.91 Å². The van der Waals surface area contributed by atoms with Gasteiger partial charge in [0.15, 0.2) is 6.61 Å². The van der Waals surface area contributed by atoms with E-state index < -0.39 is 11.9 Å². The summed E-state index contributed by atoms with van der Waals surface area (Å²) in [6.07, 6.45) is 0. The van der Waals surface area contributed by atoms with Gasteiger partial charge in [-0.2, -0.15) is 0 Å². The number of ether oxygens (including phenoxy) is 1. The van der Waals surface area contributed by atoms with Crippen molar-refractivity contribution in [2.75, 3.05) is 11.9 Å². The first kappa shape index (κ1) is 16.6. The molecule has 120 valence electrons. The number of rotatable bonds is 4. The average Bonchev–Trinajstić information content (AvgIpc) is 2.55. The maximum absolute atomic E-state index is 11.6. The predicted molar refractivity (Wildman–Crippen MR) is 88.4 cm³/mol. The van der Waals surface area contributed by atoms with Gasteiger partial charge in [0.1, 0.15) is 5.75 Å². The third kappa shape index (κ3) is 5.52. The molecule has 3 amide bonds. The van der Waals surface area contributed by atoms with Gasteiger partial charge in [-0.15, -0.1) is 0 Å². The number of urea groups is 1. The number of nitrogens with one attached hydrogen (secondary N) is 3. The van der Waals surface area contributed by atoms with Gasteiger partial charge in [0.2, 0.25) is 0 Å². The van der Waals surface area contributed by atoms with Crippen LogP contribution < -0.4 is 20.9 Å². The fraction of sp³-hybridized carbons (Fsp3) is 0.125. The first-order valence-electron chi connectivity index (χ1n) is 6.84. The van der Waals surface area contributed by atoms with Crippen molar-refractivity contribution in [1.29, 1.82) is 0 Å². The second kappa shape index (κ2) is 8.05. The van der Waals surface area contributed by atoms with Crippen molar-refractivity contribution in [3.63, 3.8) is 0 Å². The highest BCUT2D eigenvalue weighted by Crippen LogP contribution is 2.20. The smallest absolute Gasteiger partial charge is 0.337 e. The van der Waals surface area contributed by atoms with Gasteiger partial charge in [-0.1, -0.05) is 29.8 Å². The van der Waals surface area contributed by atoms with Crippen molar-refractivity contribution in [3.8, 4) is 5.75 Å². The Morgan fingerprint density at radius 1 is 1.09 bits per heavy atom. The number of para-hydroxylation sites is 1. The van der Waals surface area contributed by atoms with Crippen LogP contribution in [0.5, 0.6) is 5.75 Å². The number of halogens is 1. The Balaban J connectivity index is 1.72. The Kier molecular flexibility index (Phi) is 5.82. The zero-order valence-corrected chi connectivity index (χ0v) is 13.2. The molecule has 0 fully saturated rings. The first-order chi connectivity index (χ1) is 11.0. The molecular weight excluding hydrogens is 318 g/mol. The molecule has 0 unspecified atom stereocenters. The highest BCUT2D eigenvalue weighted by atomic mass is 35.5. The average molecular weight is 334 g/mol. The van der Waals surface area contributed by atoms with Gasteiger partial charge < -0.3 is 10.1 Å². The van der Waals surface area contributed by atoms with Crippen LogP contribution >= 0.6 is 11.6 Å². The Bertz CT molecular complexity index is 692. The lowest BCUT2D eigenvalue weighted by Gasteiger charge is -2.10. The molecule has 3 N–H and O–H groups in total. The summed E-state index contributed by atoms with van der Waals surface area (Å²) >= 11 is 5.91. The molecule has 2 aromatic carbocycles. The van der Waals surface area contributed by atoms with Crippen molar-refractivity contribution in [3.05, 3.63) is 59.1 Å². The number of hydrogen-bond acceptors (Lipinski definition) is 3. The summed E-state index contributed by atoms with van der Waals surface area (Å²) in [5, 5.41) is 3.19. The van der Waals surface area contributed by atoms with Gasteiger partial charge >= 0.3 is 6.03 Å². The van der Waals surface area contributed by atoms with Crippen LogP contribution in [0.1, 0.15) is 5.56 Å². The summed E-state index contributed by atoms with van der Waals surface area (Å²) in [5.74, 6) is 0.0385. The maximum Gasteiger partial charge on any atom is 0.337 e. The molecular formula is C16H16ClN3O3. The van der Waals surface area contributed by atoms with Gasteiger partial charge in [-0.25, -0.2) is 10.2 Å². The van der Waals surface area contributed by atoms with Gasteiger partial charge in [0.05, 0.1) is 0 Å². The molecule has 7 heteroatoms. The van der Waals surface area contributed by atoms with E-state index in [1.54, 1.807) is 42.5 Å². The minimum atomic E-state index is -0.549. The fourth-order valence-electron chi connectivity index (χ4n) is 1.70. The molecule has 0 aliphatic heterocycles. The van der Waals surface area contributed by atoms with E-state index in [0.29, 0.717) is 16.5 Å². The van der Waals surface area contributed by atoms with E-state index in [0.717, 1.165) is 5.56 Å². The van der Waals surface area contributed by atoms with E-state index >= 15 is 0 Å². The van der Waals surface area contributed by atoms with Crippen molar-refractivity contribution < 1.29 is 14.3 Å². The van der Waals surface area contributed by atoms with Gasteiger partial charge in [-0.05, 0) is 42.8 Å². The third-order valence-electron chi connectivity index (χ3n) is 2.85. The van der Waals surface area contributed by atoms with E-state index in [1.807, 2.05) is 13.0 Å². The lowest BCUT2D eigenvalue weighted by molar-refractivity contribution is -0.123. The monoisotopic (exact) mass is 333 g/mol. The lowest BCUT2D eigenvalue weighted by Crippen LogP contribution is -2.45. The Labute approximate surface area is 138 Å². The highest BCUT2D eigenvalue weighted by molar-refractivity contribution is 6.31. The quantitative estimate of drug-likeness (QED) is 0.753. The molecule has 0 radical (unpaired) electrons. The topological polar surface area (TPSA) is 79.5 Å². The van der Waals surface area contributed by atoms with E-state index in [2.05, 4.69) is 16.2 Å². The number of anilines is 1. The SMILES string of the molecule is Cc1cc(OCC(=O)NNC(=O)Nc2ccccc2)ccc1Cl. The van der Waals surface area contributed by atoms with Gasteiger partial charge in [0, 0.05) is 10.7 Å². The van der Waals surface area contributed by atoms with Crippen LogP contribution in [0, 0.1) is 6.92 Å². The normalized spacial score (nSPS) is 9.83. The van der Waals surface area contributed by atoms with E-state index in [4.69, 9.17) is 16.3 Å². The number of benzene rings is 2. The lowest BCUT2D eigenvalue weighted by atomic mass is 10.2. The number of carbonyl (C=O) groups is 2. The number of hydrogen-bond donors (Lipinski definition) is 3. The third-order valence-corrected chi connectivity index (χ3v) is 3.27. The molecule has 0 spiro atoms. The van der Waals surface area contributed by atoms with Crippen LogP contribution in [-0.4, -0.2) is 18.5 Å². The van der Waals surface area contributed by atoms with Crippen LogP contribution in [0.3, 0.4) is 0 Å². The van der Waals surface area contributed by atoms with Crippen molar-refractivity contribution in [1.82, 2.24) is 10.9 Å². The molecule has 0 bridgehead atoms. The summed E-state index contributed by atoms with van der Waals surface area (Å²) < 4.78 is 5.31. The summed E-state index contributed by atoms with van der Waals surface area (Å²) in [6, 6.07) is 13.4. The first-order valence-corrected chi connectivity index (χ1v) is 7.22. The fourth-order valence-corrected chi connectivity index (χ4v) is 1.82. The van der Waals surface area contributed by atoms with E-state index in [9.17, 15) is 9.59 Å². The minimum absolute atomic E-state index is 0.229. The van der Waals surface area contributed by atoms with E-state index in [-0.39, 0.29) is 6.61 Å². The van der Waals surface area contributed by atoms with Gasteiger partial charge in [-0.3, -0.25) is 10.2 Å². The van der Waals surface area contributed by atoms with Crippen LogP contribution in [0.2, 0.25) is 5.02 Å². The molecule has 2 aromatic rings. The number of carbonyl (C=O) groups excluding carboxylic acids is 2.